The van der Waals surface area contributed by atoms with Crippen LogP contribution in [-0.2, 0) is 19.6 Å². The van der Waals surface area contributed by atoms with E-state index in [0.717, 1.165) is 9.87 Å². The second kappa shape index (κ2) is 8.65. The maximum Gasteiger partial charge on any atom is 0.331 e. The van der Waals surface area contributed by atoms with Crippen molar-refractivity contribution in [3.05, 3.63) is 59.7 Å². The third kappa shape index (κ3) is 4.76. The van der Waals surface area contributed by atoms with Crippen molar-refractivity contribution in [3.8, 4) is 0 Å². The van der Waals surface area contributed by atoms with Gasteiger partial charge in [-0.25, -0.2) is 13.2 Å². The topological polar surface area (TPSA) is 92.8 Å². The summed E-state index contributed by atoms with van der Waals surface area (Å²) in [4.78, 5) is 24.6. The molecule has 0 heterocycles. The molecule has 29 heavy (non-hydrogen) atoms. The molecule has 2 aromatic rings. The largest absolute Gasteiger partial charge is 0.467 e. The first-order chi connectivity index (χ1) is 13.5. The van der Waals surface area contributed by atoms with Gasteiger partial charge in [0.05, 0.1) is 17.7 Å². The number of anilines is 1. The van der Waals surface area contributed by atoms with Crippen molar-refractivity contribution in [2.75, 3.05) is 18.5 Å². The van der Waals surface area contributed by atoms with E-state index in [9.17, 15) is 18.0 Å². The molecular formula is C21H26N2O5S. The quantitative estimate of drug-likeness (QED) is 0.698. The minimum absolute atomic E-state index is 0.184. The van der Waals surface area contributed by atoms with Crippen molar-refractivity contribution >= 4 is 27.6 Å². The van der Waals surface area contributed by atoms with Gasteiger partial charge in [-0.2, -0.15) is 0 Å². The third-order valence-corrected chi connectivity index (χ3v) is 6.70. The van der Waals surface area contributed by atoms with E-state index in [1.807, 2.05) is 6.92 Å². The molecule has 0 aliphatic carbocycles. The molecule has 0 saturated heterocycles. The fourth-order valence-electron chi connectivity index (χ4n) is 2.66. The number of carbonyl (C=O) groups excluding carboxylic acids is 2. The Bertz CT molecular complexity index is 985. The van der Waals surface area contributed by atoms with Crippen molar-refractivity contribution < 1.29 is 22.7 Å². The highest BCUT2D eigenvalue weighted by Crippen LogP contribution is 2.23. The Labute approximate surface area is 171 Å². The Balaban J connectivity index is 2.22. The number of ether oxygens (including phenoxy) is 1. The van der Waals surface area contributed by atoms with Crippen LogP contribution >= 0.6 is 0 Å². The molecule has 0 aromatic heterocycles. The number of rotatable bonds is 7. The first-order valence-electron chi connectivity index (χ1n) is 9.11. The summed E-state index contributed by atoms with van der Waals surface area (Å²) in [6.07, 6.45) is 0.362. The Kier molecular flexibility index (Phi) is 6.69. The number of hydrogen-bond donors (Lipinski definition) is 1. The third-order valence-electron chi connectivity index (χ3n) is 4.90. The highest BCUT2D eigenvalue weighted by molar-refractivity contribution is 7.92. The normalized spacial score (nSPS) is 13.3. The number of sulfonamides is 1. The molecule has 0 saturated carbocycles. The smallest absolute Gasteiger partial charge is 0.331 e. The Morgan fingerprint density at radius 2 is 1.62 bits per heavy atom. The number of esters is 1. The van der Waals surface area contributed by atoms with Crippen LogP contribution in [0.5, 0.6) is 0 Å². The summed E-state index contributed by atoms with van der Waals surface area (Å²) < 4.78 is 31.5. The molecule has 0 spiro atoms. The van der Waals surface area contributed by atoms with Gasteiger partial charge in [-0.05, 0) is 56.7 Å². The van der Waals surface area contributed by atoms with E-state index in [0.29, 0.717) is 17.7 Å². The molecule has 0 radical (unpaired) electrons. The molecule has 1 atom stereocenters. The first-order valence-corrected chi connectivity index (χ1v) is 10.6. The van der Waals surface area contributed by atoms with E-state index < -0.39 is 27.4 Å². The monoisotopic (exact) mass is 418 g/mol. The first kappa shape index (κ1) is 22.4. The van der Waals surface area contributed by atoms with Crippen molar-refractivity contribution in [1.29, 1.82) is 0 Å². The second-order valence-electron chi connectivity index (χ2n) is 6.96. The molecule has 0 aliphatic rings. The number of amides is 1. The highest BCUT2D eigenvalue weighted by Gasteiger charge is 2.34. The molecule has 2 aromatic carbocycles. The fraction of sp³-hybridized carbons (Fsp3) is 0.333. The van der Waals surface area contributed by atoms with Crippen molar-refractivity contribution in [3.63, 3.8) is 0 Å². The minimum atomic E-state index is -3.72. The predicted octanol–water partition coefficient (Wildman–Crippen LogP) is 2.89. The van der Waals surface area contributed by atoms with Gasteiger partial charge in [0.1, 0.15) is 5.54 Å². The van der Waals surface area contributed by atoms with Gasteiger partial charge in [0, 0.05) is 12.6 Å². The van der Waals surface area contributed by atoms with Gasteiger partial charge in [-0.1, -0.05) is 24.6 Å². The highest BCUT2D eigenvalue weighted by atomic mass is 32.2. The van der Waals surface area contributed by atoms with Gasteiger partial charge in [-0.15, -0.1) is 0 Å². The maximum atomic E-state index is 12.8. The zero-order valence-electron chi connectivity index (χ0n) is 17.2. The fourth-order valence-corrected chi connectivity index (χ4v) is 3.86. The van der Waals surface area contributed by atoms with Crippen molar-refractivity contribution in [2.45, 2.75) is 37.6 Å². The lowest BCUT2D eigenvalue weighted by atomic mass is 9.98. The molecule has 2 rings (SSSR count). The summed E-state index contributed by atoms with van der Waals surface area (Å²) in [5.41, 5.74) is 0.538. The van der Waals surface area contributed by atoms with Crippen LogP contribution in [0.15, 0.2) is 53.4 Å². The van der Waals surface area contributed by atoms with E-state index in [1.165, 1.54) is 26.3 Å². The number of carbonyl (C=O) groups is 2. The summed E-state index contributed by atoms with van der Waals surface area (Å²) in [7, 11) is -0.998. The molecule has 1 N–H and O–H groups in total. The molecule has 1 unspecified atom stereocenters. The number of aryl methyl sites for hydroxylation is 1. The molecular weight excluding hydrogens is 392 g/mol. The number of methoxy groups -OCH3 is 1. The van der Waals surface area contributed by atoms with Crippen LogP contribution in [0, 0.1) is 6.92 Å². The van der Waals surface area contributed by atoms with E-state index in [4.69, 9.17) is 4.74 Å². The zero-order chi connectivity index (χ0) is 21.8. The van der Waals surface area contributed by atoms with Crippen LogP contribution in [0.4, 0.5) is 5.69 Å². The SMILES string of the molecule is CCC(C)(NC(=O)c1ccc(N(C)S(=O)(=O)c2ccc(C)cc2)cc1)C(=O)OC. The summed E-state index contributed by atoms with van der Waals surface area (Å²) in [5, 5.41) is 2.67. The standard InChI is InChI=1S/C21H26N2O5S/c1-6-21(3,20(25)28-5)22-19(24)16-9-11-17(12-10-16)23(4)29(26,27)18-13-7-15(2)8-14-18/h7-14H,6H2,1-5H3,(H,22,24). The number of hydrogen-bond acceptors (Lipinski definition) is 5. The molecule has 8 heteroatoms. The van der Waals surface area contributed by atoms with Gasteiger partial charge in [-0.3, -0.25) is 9.10 Å². The molecule has 0 fully saturated rings. The number of nitrogens with one attached hydrogen (secondary N) is 1. The summed E-state index contributed by atoms with van der Waals surface area (Å²) in [6, 6.07) is 12.7. The summed E-state index contributed by atoms with van der Waals surface area (Å²) >= 11 is 0. The van der Waals surface area contributed by atoms with Crippen LogP contribution < -0.4 is 9.62 Å². The van der Waals surface area contributed by atoms with E-state index >= 15 is 0 Å². The molecule has 1 amide bonds. The number of nitrogens with zero attached hydrogens (tertiary/aromatic N) is 1. The van der Waals surface area contributed by atoms with Crippen molar-refractivity contribution in [2.24, 2.45) is 0 Å². The van der Waals surface area contributed by atoms with Crippen LogP contribution in [0.3, 0.4) is 0 Å². The van der Waals surface area contributed by atoms with Crippen molar-refractivity contribution in [1.82, 2.24) is 5.32 Å². The van der Waals surface area contributed by atoms with Crippen LogP contribution in [0.25, 0.3) is 0 Å². The Hall–Kier alpha value is -2.87. The zero-order valence-corrected chi connectivity index (χ0v) is 18.0. The van der Waals surface area contributed by atoms with E-state index in [2.05, 4.69) is 5.32 Å². The average Bonchev–Trinajstić information content (AvgIpc) is 2.72. The number of benzene rings is 2. The van der Waals surface area contributed by atoms with Crippen LogP contribution in [-0.4, -0.2) is 40.0 Å². The lowest BCUT2D eigenvalue weighted by molar-refractivity contribution is -0.147. The van der Waals surface area contributed by atoms with E-state index in [1.54, 1.807) is 50.2 Å². The summed E-state index contributed by atoms with van der Waals surface area (Å²) in [5.74, 6) is -0.982. The molecule has 7 nitrogen and oxygen atoms in total. The van der Waals surface area contributed by atoms with Gasteiger partial charge >= 0.3 is 5.97 Å². The van der Waals surface area contributed by atoms with Gasteiger partial charge in [0.25, 0.3) is 15.9 Å². The Morgan fingerprint density at radius 3 is 2.10 bits per heavy atom. The molecule has 156 valence electrons. The van der Waals surface area contributed by atoms with Gasteiger partial charge in [0.15, 0.2) is 0 Å². The predicted molar refractivity (Wildman–Crippen MR) is 111 cm³/mol. The van der Waals surface area contributed by atoms with Gasteiger partial charge < -0.3 is 10.1 Å². The minimum Gasteiger partial charge on any atom is -0.467 e. The average molecular weight is 419 g/mol. The molecule has 0 bridgehead atoms. The second-order valence-corrected chi connectivity index (χ2v) is 8.93. The van der Waals surface area contributed by atoms with E-state index in [-0.39, 0.29) is 4.90 Å². The summed E-state index contributed by atoms with van der Waals surface area (Å²) in [6.45, 7) is 5.24. The molecule has 0 aliphatic heterocycles. The Morgan fingerprint density at radius 1 is 1.07 bits per heavy atom. The van der Waals surface area contributed by atoms with Crippen LogP contribution in [0.1, 0.15) is 36.2 Å². The lowest BCUT2D eigenvalue weighted by Crippen LogP contribution is -2.52. The van der Waals surface area contributed by atoms with Gasteiger partial charge in [0.2, 0.25) is 0 Å². The lowest BCUT2D eigenvalue weighted by Gasteiger charge is -2.26. The maximum absolute atomic E-state index is 12.8. The van der Waals surface area contributed by atoms with Crippen LogP contribution in [0.2, 0.25) is 0 Å².